The molecule has 0 amide bonds. The molecule has 0 spiro atoms. The second-order valence-corrected chi connectivity index (χ2v) is 12.3. The smallest absolute Gasteiger partial charge is 0.146 e. The summed E-state index contributed by atoms with van der Waals surface area (Å²) < 4.78 is 0. The summed E-state index contributed by atoms with van der Waals surface area (Å²) >= 11 is 0. The van der Waals surface area contributed by atoms with Gasteiger partial charge in [-0.15, -0.1) is 0 Å². The first kappa shape index (κ1) is 27.8. The van der Waals surface area contributed by atoms with Gasteiger partial charge in [-0.1, -0.05) is 97.9 Å². The zero-order valence-corrected chi connectivity index (χ0v) is 25.3. The van der Waals surface area contributed by atoms with Crippen molar-refractivity contribution < 1.29 is 0 Å². The molecule has 2 N–H and O–H groups in total. The number of nitrogens with one attached hydrogen (secondary N) is 2. The largest absolute Gasteiger partial charge is 0.365 e. The van der Waals surface area contributed by atoms with Crippen molar-refractivity contribution >= 4 is 11.4 Å². The van der Waals surface area contributed by atoms with Crippen molar-refractivity contribution in [3.05, 3.63) is 113 Å². The Balaban J connectivity index is 1.54. The molecular weight excluding hydrogens is 490 g/mol. The average molecular weight is 536 g/mol. The molecular formula is C35H45N5. The van der Waals surface area contributed by atoms with E-state index >= 15 is 0 Å². The number of nitrogens with zero attached hydrogens (tertiary/aromatic N) is 3. The summed E-state index contributed by atoms with van der Waals surface area (Å²) in [5.74, 6) is 1.67. The number of aromatic nitrogens is 1. The van der Waals surface area contributed by atoms with Crippen molar-refractivity contribution in [3.8, 4) is 0 Å². The predicted octanol–water partition coefficient (Wildman–Crippen LogP) is 8.73. The van der Waals surface area contributed by atoms with Crippen LogP contribution in [0.2, 0.25) is 0 Å². The molecule has 2 aliphatic rings. The molecule has 5 rings (SSSR count). The molecule has 1 aromatic heterocycles. The van der Waals surface area contributed by atoms with Crippen molar-refractivity contribution in [3.63, 3.8) is 0 Å². The van der Waals surface area contributed by atoms with Crippen molar-refractivity contribution in [2.75, 3.05) is 9.80 Å². The molecule has 2 unspecified atom stereocenters. The third kappa shape index (κ3) is 5.10. The molecule has 0 saturated carbocycles. The van der Waals surface area contributed by atoms with Crippen LogP contribution in [0, 0.1) is 0 Å². The van der Waals surface area contributed by atoms with Gasteiger partial charge in [-0.3, -0.25) is 0 Å². The van der Waals surface area contributed by atoms with Crippen LogP contribution in [0.3, 0.4) is 0 Å². The Morgan fingerprint density at radius 3 is 1.18 bits per heavy atom. The molecule has 2 aliphatic heterocycles. The second-order valence-electron chi connectivity index (χ2n) is 12.3. The van der Waals surface area contributed by atoms with Gasteiger partial charge in [-0.2, -0.15) is 0 Å². The van der Waals surface area contributed by atoms with Gasteiger partial charge in [0.1, 0.15) is 12.3 Å². The van der Waals surface area contributed by atoms with Crippen LogP contribution in [0.25, 0.3) is 0 Å². The van der Waals surface area contributed by atoms with Gasteiger partial charge < -0.3 is 20.4 Å². The molecule has 0 saturated heterocycles. The zero-order valence-electron chi connectivity index (χ0n) is 25.3. The highest BCUT2D eigenvalue weighted by atomic mass is 15.3. The van der Waals surface area contributed by atoms with Crippen molar-refractivity contribution in [1.29, 1.82) is 0 Å². The van der Waals surface area contributed by atoms with Gasteiger partial charge in [0.05, 0.1) is 11.4 Å². The van der Waals surface area contributed by atoms with Gasteiger partial charge in [0.25, 0.3) is 0 Å². The summed E-state index contributed by atoms with van der Waals surface area (Å²) in [4.78, 5) is 10.0. The highest BCUT2D eigenvalue weighted by Gasteiger charge is 2.31. The first-order valence-electron chi connectivity index (χ1n) is 14.8. The van der Waals surface area contributed by atoms with Crippen LogP contribution in [0.5, 0.6) is 0 Å². The number of benzene rings is 2. The first-order valence-corrected chi connectivity index (χ1v) is 14.8. The topological polar surface area (TPSA) is 43.4 Å². The van der Waals surface area contributed by atoms with E-state index in [4.69, 9.17) is 4.98 Å². The lowest BCUT2D eigenvalue weighted by atomic mass is 9.91. The molecule has 2 atom stereocenters. The Hall–Kier alpha value is -3.73. The van der Waals surface area contributed by atoms with Crippen LogP contribution in [0.15, 0.2) is 79.4 Å². The molecule has 0 radical (unpaired) electrons. The lowest BCUT2D eigenvalue weighted by molar-refractivity contribution is 0.603. The highest BCUT2D eigenvalue weighted by Crippen LogP contribution is 2.42. The zero-order chi connectivity index (χ0) is 28.6. The first-order chi connectivity index (χ1) is 19.2. The van der Waals surface area contributed by atoms with E-state index in [-0.39, 0.29) is 12.3 Å². The summed E-state index contributed by atoms with van der Waals surface area (Å²) in [5, 5.41) is 7.19. The quantitative estimate of drug-likeness (QED) is 0.302. The van der Waals surface area contributed by atoms with Crippen LogP contribution in [0.4, 0.5) is 11.4 Å². The third-order valence-corrected chi connectivity index (χ3v) is 8.09. The van der Waals surface area contributed by atoms with Crippen molar-refractivity contribution in [2.45, 2.75) is 91.4 Å². The minimum atomic E-state index is -0.0747. The van der Waals surface area contributed by atoms with Gasteiger partial charge in [-0.05, 0) is 58.1 Å². The summed E-state index contributed by atoms with van der Waals surface area (Å²) in [6, 6.07) is 19.9. The van der Waals surface area contributed by atoms with Crippen LogP contribution >= 0.6 is 0 Å². The summed E-state index contributed by atoms with van der Waals surface area (Å²) in [6.45, 7) is 18.2. The molecule has 3 heterocycles. The van der Waals surface area contributed by atoms with Crippen LogP contribution in [-0.2, 0) is 0 Å². The van der Waals surface area contributed by atoms with Crippen LogP contribution in [-0.4, -0.2) is 4.98 Å². The number of rotatable bonds is 8. The van der Waals surface area contributed by atoms with Gasteiger partial charge >= 0.3 is 0 Å². The van der Waals surface area contributed by atoms with E-state index in [1.807, 2.05) is 0 Å². The third-order valence-electron chi connectivity index (χ3n) is 8.09. The minimum Gasteiger partial charge on any atom is -0.365 e. The van der Waals surface area contributed by atoms with E-state index in [2.05, 4.69) is 155 Å². The SMILES string of the molecule is CC(C)c1cccc(C(C)C)c1N1C=CNC1c1cccc(C2NC=CN2c2c(C(C)C)cccc2C(C)C)n1. The summed E-state index contributed by atoms with van der Waals surface area (Å²) in [6.07, 6.45) is 8.29. The predicted molar refractivity (Wildman–Crippen MR) is 168 cm³/mol. The lowest BCUT2D eigenvalue weighted by Crippen LogP contribution is -2.32. The van der Waals surface area contributed by atoms with Crippen LogP contribution in [0.1, 0.15) is 125 Å². The van der Waals surface area contributed by atoms with E-state index in [1.165, 1.54) is 33.6 Å². The fourth-order valence-electron chi connectivity index (χ4n) is 6.02. The molecule has 3 aromatic rings. The molecule has 40 heavy (non-hydrogen) atoms. The number of para-hydroxylation sites is 2. The van der Waals surface area contributed by atoms with E-state index in [9.17, 15) is 0 Å². The van der Waals surface area contributed by atoms with Crippen LogP contribution < -0.4 is 20.4 Å². The molecule has 5 nitrogen and oxygen atoms in total. The molecule has 2 aromatic carbocycles. The Morgan fingerprint density at radius 1 is 0.525 bits per heavy atom. The number of anilines is 2. The Labute approximate surface area is 241 Å². The fourth-order valence-corrected chi connectivity index (χ4v) is 6.02. The maximum absolute atomic E-state index is 5.30. The van der Waals surface area contributed by atoms with Crippen molar-refractivity contribution in [2.24, 2.45) is 0 Å². The van der Waals surface area contributed by atoms with E-state index in [0.717, 1.165) is 11.4 Å². The molecule has 0 fully saturated rings. The molecule has 210 valence electrons. The molecule has 5 heteroatoms. The monoisotopic (exact) mass is 535 g/mol. The summed E-state index contributed by atoms with van der Waals surface area (Å²) in [7, 11) is 0. The normalized spacial score (nSPS) is 18.5. The molecule has 0 aliphatic carbocycles. The Kier molecular flexibility index (Phi) is 7.93. The highest BCUT2D eigenvalue weighted by molar-refractivity contribution is 5.67. The van der Waals surface area contributed by atoms with Gasteiger partial charge in [0.15, 0.2) is 0 Å². The fraction of sp³-hybridized carbons (Fsp3) is 0.400. The average Bonchev–Trinajstić information content (AvgIpc) is 3.62. The summed E-state index contributed by atoms with van der Waals surface area (Å²) in [5.41, 5.74) is 10.0. The maximum Gasteiger partial charge on any atom is 0.146 e. The van der Waals surface area contributed by atoms with E-state index in [1.54, 1.807) is 0 Å². The Morgan fingerprint density at radius 2 is 0.850 bits per heavy atom. The Bertz CT molecular complexity index is 1250. The standard InChI is InChI=1S/C35H45N5/c1-22(2)26-12-9-13-27(23(3)4)32(26)39-20-18-36-34(39)30-16-11-17-31(38-30)35-37-19-21-40(35)33-28(24(5)6)14-10-15-29(33)25(7)8/h9-25,34-37H,1-8H3. The van der Waals surface area contributed by atoms with Gasteiger partial charge in [-0.25, -0.2) is 4.98 Å². The maximum atomic E-state index is 5.30. The lowest BCUT2D eigenvalue weighted by Gasteiger charge is -2.33. The van der Waals surface area contributed by atoms with E-state index < -0.39 is 0 Å². The number of hydrogen-bond acceptors (Lipinski definition) is 5. The van der Waals surface area contributed by atoms with Gasteiger partial charge in [0.2, 0.25) is 0 Å². The van der Waals surface area contributed by atoms with Crippen molar-refractivity contribution in [1.82, 2.24) is 15.6 Å². The second kappa shape index (κ2) is 11.4. The molecule has 0 bridgehead atoms. The minimum absolute atomic E-state index is 0.0747. The van der Waals surface area contributed by atoms with E-state index in [0.29, 0.717) is 23.7 Å². The van der Waals surface area contributed by atoms with Gasteiger partial charge in [0, 0.05) is 36.2 Å². The number of pyridine rings is 1. The number of hydrogen-bond donors (Lipinski definition) is 2.